The summed E-state index contributed by atoms with van der Waals surface area (Å²) in [5.74, 6) is -1.81. The number of amides is 4. The summed E-state index contributed by atoms with van der Waals surface area (Å²) in [7, 11) is 0. The van der Waals surface area contributed by atoms with Crippen LogP contribution in [-0.4, -0.2) is 66.9 Å². The van der Waals surface area contributed by atoms with Gasteiger partial charge in [0.25, 0.3) is 11.8 Å². The maximum absolute atomic E-state index is 13.0. The molecule has 1 aromatic carbocycles. The highest BCUT2D eigenvalue weighted by Crippen LogP contribution is 2.32. The molecule has 4 rings (SSSR count). The lowest BCUT2D eigenvalue weighted by Crippen LogP contribution is -2.54. The molecule has 0 bridgehead atoms. The number of nitrogens with two attached hydrogens (primary N) is 1. The standard InChI is InChI=1S/C20H24N4O5/c1-2-29-16-10-23(9-11(16)8-21)12-3-4-13-14(7-12)20(28)24(19(13)27)15-5-6-17(25)22-18(15)26/h3-4,7,11,15-16H,2,5-6,8-10,21H2,1H3,(H,22,25,26)/t11-,15?,16-/m1/s1. The highest BCUT2D eigenvalue weighted by molar-refractivity contribution is 6.23. The molecular weight excluding hydrogens is 376 g/mol. The van der Waals surface area contributed by atoms with Crippen molar-refractivity contribution in [2.24, 2.45) is 11.7 Å². The summed E-state index contributed by atoms with van der Waals surface area (Å²) in [4.78, 5) is 52.4. The number of imide groups is 2. The molecule has 0 spiro atoms. The Kier molecular flexibility index (Phi) is 5.10. The monoisotopic (exact) mass is 400 g/mol. The minimum Gasteiger partial charge on any atom is -0.376 e. The largest absolute Gasteiger partial charge is 0.376 e. The number of piperidine rings is 1. The first-order chi connectivity index (χ1) is 13.9. The van der Waals surface area contributed by atoms with Gasteiger partial charge in [-0.2, -0.15) is 0 Å². The van der Waals surface area contributed by atoms with Crippen LogP contribution in [0, 0.1) is 5.92 Å². The van der Waals surface area contributed by atoms with E-state index in [9.17, 15) is 19.2 Å². The first-order valence-electron chi connectivity index (χ1n) is 9.86. The number of carbonyl (C=O) groups is 4. The number of fused-ring (bicyclic) bond motifs is 1. The average Bonchev–Trinajstić information content (AvgIpc) is 3.22. The van der Waals surface area contributed by atoms with Crippen molar-refractivity contribution in [3.8, 4) is 0 Å². The molecule has 4 amide bonds. The van der Waals surface area contributed by atoms with Crippen LogP contribution in [0.4, 0.5) is 5.69 Å². The van der Waals surface area contributed by atoms with Crippen LogP contribution in [0.3, 0.4) is 0 Å². The van der Waals surface area contributed by atoms with E-state index in [0.29, 0.717) is 26.2 Å². The molecule has 9 nitrogen and oxygen atoms in total. The molecule has 2 fully saturated rings. The van der Waals surface area contributed by atoms with Gasteiger partial charge in [0.05, 0.1) is 17.2 Å². The summed E-state index contributed by atoms with van der Waals surface area (Å²) in [5, 5.41) is 2.20. The minimum atomic E-state index is -0.959. The Morgan fingerprint density at radius 1 is 1.14 bits per heavy atom. The van der Waals surface area contributed by atoms with Gasteiger partial charge < -0.3 is 15.4 Å². The van der Waals surface area contributed by atoms with Crippen LogP contribution in [0.25, 0.3) is 0 Å². The molecule has 0 saturated carbocycles. The molecule has 154 valence electrons. The zero-order valence-corrected chi connectivity index (χ0v) is 16.2. The molecule has 3 atom stereocenters. The van der Waals surface area contributed by atoms with E-state index in [1.165, 1.54) is 0 Å². The topological polar surface area (TPSA) is 122 Å². The summed E-state index contributed by atoms with van der Waals surface area (Å²) in [6.45, 7) is 4.42. The van der Waals surface area contributed by atoms with E-state index in [-0.39, 0.29) is 36.0 Å². The third kappa shape index (κ3) is 3.30. The third-order valence-corrected chi connectivity index (χ3v) is 5.85. The van der Waals surface area contributed by atoms with Crippen molar-refractivity contribution in [2.45, 2.75) is 31.9 Å². The van der Waals surface area contributed by atoms with Gasteiger partial charge in [-0.1, -0.05) is 0 Å². The van der Waals surface area contributed by atoms with Crippen LogP contribution in [-0.2, 0) is 14.3 Å². The van der Waals surface area contributed by atoms with Crippen molar-refractivity contribution in [3.05, 3.63) is 29.3 Å². The van der Waals surface area contributed by atoms with Crippen LogP contribution in [0.2, 0.25) is 0 Å². The van der Waals surface area contributed by atoms with Gasteiger partial charge in [0, 0.05) is 37.7 Å². The second kappa shape index (κ2) is 7.57. The summed E-state index contributed by atoms with van der Waals surface area (Å²) in [5.41, 5.74) is 7.25. The lowest BCUT2D eigenvalue weighted by Gasteiger charge is -2.27. The molecule has 0 radical (unpaired) electrons. The SMILES string of the molecule is CCO[C@@H]1CN(c2ccc3c(c2)C(=O)N(C2CCC(=O)NC2=O)C3=O)C[C@H]1CN. The van der Waals surface area contributed by atoms with Gasteiger partial charge in [0.2, 0.25) is 11.8 Å². The Morgan fingerprint density at radius 3 is 2.59 bits per heavy atom. The molecule has 3 aliphatic heterocycles. The Bertz CT molecular complexity index is 886. The van der Waals surface area contributed by atoms with Gasteiger partial charge in [-0.25, -0.2) is 0 Å². The number of nitrogens with one attached hydrogen (secondary N) is 1. The minimum absolute atomic E-state index is 0.0237. The summed E-state index contributed by atoms with van der Waals surface area (Å²) in [6, 6.07) is 4.17. The lowest BCUT2D eigenvalue weighted by molar-refractivity contribution is -0.136. The number of hydrogen-bond donors (Lipinski definition) is 2. The molecule has 1 unspecified atom stereocenters. The fraction of sp³-hybridized carbons (Fsp3) is 0.500. The second-order valence-corrected chi connectivity index (χ2v) is 7.57. The smallest absolute Gasteiger partial charge is 0.262 e. The van der Waals surface area contributed by atoms with E-state index < -0.39 is 29.7 Å². The summed E-state index contributed by atoms with van der Waals surface area (Å²) < 4.78 is 5.78. The number of benzene rings is 1. The predicted molar refractivity (Wildman–Crippen MR) is 103 cm³/mol. The average molecular weight is 400 g/mol. The molecule has 29 heavy (non-hydrogen) atoms. The number of ether oxygens (including phenoxy) is 1. The fourth-order valence-electron chi connectivity index (χ4n) is 4.34. The number of nitrogens with zero attached hydrogens (tertiary/aromatic N) is 2. The van der Waals surface area contributed by atoms with Gasteiger partial charge in [-0.05, 0) is 38.1 Å². The third-order valence-electron chi connectivity index (χ3n) is 5.85. The predicted octanol–water partition coefficient (Wildman–Crippen LogP) is -0.112. The first-order valence-corrected chi connectivity index (χ1v) is 9.86. The molecular formula is C20H24N4O5. The van der Waals surface area contributed by atoms with Crippen molar-refractivity contribution >= 4 is 29.3 Å². The number of carbonyl (C=O) groups excluding carboxylic acids is 4. The number of rotatable bonds is 5. The van der Waals surface area contributed by atoms with E-state index in [4.69, 9.17) is 10.5 Å². The van der Waals surface area contributed by atoms with Crippen LogP contribution in [0.15, 0.2) is 18.2 Å². The molecule has 2 saturated heterocycles. The van der Waals surface area contributed by atoms with Crippen LogP contribution >= 0.6 is 0 Å². The van der Waals surface area contributed by atoms with E-state index in [1.54, 1.807) is 18.2 Å². The van der Waals surface area contributed by atoms with Crippen LogP contribution in [0.1, 0.15) is 40.5 Å². The number of hydrogen-bond acceptors (Lipinski definition) is 7. The summed E-state index contributed by atoms with van der Waals surface area (Å²) >= 11 is 0. The molecule has 3 aliphatic rings. The van der Waals surface area contributed by atoms with Gasteiger partial charge in [0.1, 0.15) is 6.04 Å². The molecule has 3 heterocycles. The van der Waals surface area contributed by atoms with Gasteiger partial charge in [0.15, 0.2) is 0 Å². The molecule has 3 N–H and O–H groups in total. The normalized spacial score (nSPS) is 26.9. The van der Waals surface area contributed by atoms with Gasteiger partial charge >= 0.3 is 0 Å². The van der Waals surface area contributed by atoms with Crippen molar-refractivity contribution in [3.63, 3.8) is 0 Å². The van der Waals surface area contributed by atoms with E-state index in [0.717, 1.165) is 10.6 Å². The van der Waals surface area contributed by atoms with Gasteiger partial charge in [-0.3, -0.25) is 29.4 Å². The molecule has 0 aliphatic carbocycles. The van der Waals surface area contributed by atoms with Gasteiger partial charge in [-0.15, -0.1) is 0 Å². The highest BCUT2D eigenvalue weighted by Gasteiger charge is 2.45. The maximum atomic E-state index is 13.0. The Hall–Kier alpha value is -2.78. The van der Waals surface area contributed by atoms with Crippen LogP contribution in [0.5, 0.6) is 0 Å². The Morgan fingerprint density at radius 2 is 1.90 bits per heavy atom. The number of anilines is 1. The lowest BCUT2D eigenvalue weighted by atomic mass is 10.0. The van der Waals surface area contributed by atoms with E-state index in [1.807, 2.05) is 6.92 Å². The zero-order chi connectivity index (χ0) is 20.7. The molecule has 9 heteroatoms. The fourth-order valence-corrected chi connectivity index (χ4v) is 4.34. The van der Waals surface area contributed by atoms with Crippen molar-refractivity contribution < 1.29 is 23.9 Å². The van der Waals surface area contributed by atoms with E-state index in [2.05, 4.69) is 10.2 Å². The highest BCUT2D eigenvalue weighted by atomic mass is 16.5. The van der Waals surface area contributed by atoms with Crippen molar-refractivity contribution in [1.29, 1.82) is 0 Å². The van der Waals surface area contributed by atoms with E-state index >= 15 is 0 Å². The quantitative estimate of drug-likeness (QED) is 0.661. The van der Waals surface area contributed by atoms with Crippen molar-refractivity contribution in [2.75, 3.05) is 31.1 Å². The maximum Gasteiger partial charge on any atom is 0.262 e. The Balaban J connectivity index is 1.58. The molecule has 1 aromatic rings. The second-order valence-electron chi connectivity index (χ2n) is 7.57. The Labute approximate surface area is 168 Å². The first kappa shape index (κ1) is 19.5. The summed E-state index contributed by atoms with van der Waals surface area (Å²) in [6.07, 6.45) is 0.265. The molecule has 0 aromatic heterocycles. The zero-order valence-electron chi connectivity index (χ0n) is 16.2. The van der Waals surface area contributed by atoms with Crippen molar-refractivity contribution in [1.82, 2.24) is 10.2 Å². The van der Waals surface area contributed by atoms with Crippen LogP contribution < -0.4 is 16.0 Å².